The first-order valence-electron chi connectivity index (χ1n) is 6.48. The summed E-state index contributed by atoms with van der Waals surface area (Å²) in [6.45, 7) is 5.28. The van der Waals surface area contributed by atoms with Crippen molar-refractivity contribution in [3.8, 4) is 0 Å². The van der Waals surface area contributed by atoms with Gasteiger partial charge in [0.15, 0.2) is 0 Å². The Morgan fingerprint density at radius 3 is 3.00 bits per heavy atom. The number of rotatable bonds is 1. The van der Waals surface area contributed by atoms with E-state index in [1.165, 1.54) is 15.1 Å². The second-order valence-corrected chi connectivity index (χ2v) is 6.50. The number of aromatic nitrogens is 2. The third-order valence-corrected chi connectivity index (χ3v) is 5.15. The van der Waals surface area contributed by atoms with E-state index in [1.54, 1.807) is 0 Å². The number of hydrogen-bond acceptors (Lipinski definition) is 4. The summed E-state index contributed by atoms with van der Waals surface area (Å²) in [6.07, 6.45) is 1.10. The first kappa shape index (κ1) is 12.1. The molecule has 2 aromatic heterocycles. The summed E-state index contributed by atoms with van der Waals surface area (Å²) in [7, 11) is 2.02. The average molecular weight is 264 g/mol. The Kier molecular flexibility index (Phi) is 2.92. The number of hydrogen-bond donors (Lipinski definition) is 2. The smallest absolute Gasteiger partial charge is 0.121 e. The van der Waals surface area contributed by atoms with Gasteiger partial charge in [-0.1, -0.05) is 6.92 Å². The highest BCUT2D eigenvalue weighted by atomic mass is 32.1. The highest BCUT2D eigenvalue weighted by molar-refractivity contribution is 7.18. The van der Waals surface area contributed by atoms with Crippen LogP contribution < -0.4 is 11.1 Å². The molecule has 0 bridgehead atoms. The molecule has 18 heavy (non-hydrogen) atoms. The van der Waals surface area contributed by atoms with Crippen LogP contribution in [-0.4, -0.2) is 22.4 Å². The van der Waals surface area contributed by atoms with Crippen LogP contribution in [0.25, 0.3) is 10.2 Å². The molecule has 2 aromatic rings. The van der Waals surface area contributed by atoms with E-state index >= 15 is 0 Å². The van der Waals surface area contributed by atoms with Crippen LogP contribution in [0.3, 0.4) is 0 Å². The lowest BCUT2D eigenvalue weighted by atomic mass is 9.89. The predicted molar refractivity (Wildman–Crippen MR) is 75.8 cm³/mol. The molecule has 1 saturated heterocycles. The second-order valence-electron chi connectivity index (χ2n) is 5.44. The summed E-state index contributed by atoms with van der Waals surface area (Å²) in [5, 5.41) is 9.33. The lowest BCUT2D eigenvalue weighted by Gasteiger charge is -2.33. The van der Waals surface area contributed by atoms with Gasteiger partial charge >= 0.3 is 0 Å². The minimum absolute atomic E-state index is 0.300. The maximum atomic E-state index is 6.00. The van der Waals surface area contributed by atoms with Crippen LogP contribution in [0.4, 0.5) is 0 Å². The van der Waals surface area contributed by atoms with Gasteiger partial charge in [-0.15, -0.1) is 11.3 Å². The quantitative estimate of drug-likeness (QED) is 0.827. The van der Waals surface area contributed by atoms with Gasteiger partial charge in [0.25, 0.3) is 0 Å². The fraction of sp³-hybridized carbons (Fsp3) is 0.615. The number of nitrogens with two attached hydrogens (primary N) is 1. The number of thiophene rings is 1. The third-order valence-electron chi connectivity index (χ3n) is 3.87. The molecule has 3 rings (SSSR count). The van der Waals surface area contributed by atoms with Gasteiger partial charge in [0.05, 0.1) is 5.69 Å². The van der Waals surface area contributed by atoms with E-state index in [0.717, 1.165) is 18.7 Å². The van der Waals surface area contributed by atoms with Gasteiger partial charge in [0, 0.05) is 35.9 Å². The monoisotopic (exact) mass is 264 g/mol. The van der Waals surface area contributed by atoms with Crippen LogP contribution in [-0.2, 0) is 7.05 Å². The lowest BCUT2D eigenvalue weighted by molar-refractivity contribution is 0.282. The van der Waals surface area contributed by atoms with Crippen molar-refractivity contribution in [3.05, 3.63) is 16.6 Å². The Morgan fingerprint density at radius 2 is 2.33 bits per heavy atom. The van der Waals surface area contributed by atoms with Crippen molar-refractivity contribution in [3.63, 3.8) is 0 Å². The minimum Gasteiger partial charge on any atom is -0.327 e. The molecule has 0 amide bonds. The van der Waals surface area contributed by atoms with Crippen LogP contribution in [0.5, 0.6) is 0 Å². The number of piperidine rings is 1. The molecule has 4 nitrogen and oxygen atoms in total. The zero-order valence-electron chi connectivity index (χ0n) is 11.1. The Morgan fingerprint density at radius 1 is 1.56 bits per heavy atom. The molecule has 5 heteroatoms. The predicted octanol–water partition coefficient (Wildman–Crippen LogP) is 1.94. The third kappa shape index (κ3) is 1.86. The first-order chi connectivity index (χ1) is 8.56. The van der Waals surface area contributed by atoms with E-state index in [9.17, 15) is 0 Å². The van der Waals surface area contributed by atoms with E-state index in [2.05, 4.69) is 30.3 Å². The number of fused-ring (bicyclic) bond motifs is 1. The minimum atomic E-state index is 0.300. The largest absolute Gasteiger partial charge is 0.327 e. The van der Waals surface area contributed by atoms with Gasteiger partial charge in [-0.3, -0.25) is 4.68 Å². The van der Waals surface area contributed by atoms with E-state index in [-0.39, 0.29) is 0 Å². The van der Waals surface area contributed by atoms with E-state index in [1.807, 2.05) is 23.1 Å². The van der Waals surface area contributed by atoms with Crippen molar-refractivity contribution >= 4 is 21.6 Å². The highest BCUT2D eigenvalue weighted by Crippen LogP contribution is 2.36. The van der Waals surface area contributed by atoms with Crippen molar-refractivity contribution in [1.29, 1.82) is 0 Å². The fourth-order valence-corrected chi connectivity index (χ4v) is 4.27. The maximum absolute atomic E-state index is 6.00. The highest BCUT2D eigenvalue weighted by Gasteiger charge is 2.28. The molecule has 0 aliphatic carbocycles. The molecule has 1 aliphatic heterocycles. The van der Waals surface area contributed by atoms with Gasteiger partial charge in [-0.2, -0.15) is 5.10 Å². The Balaban J connectivity index is 1.97. The fourth-order valence-electron chi connectivity index (χ4n) is 2.93. The first-order valence-corrected chi connectivity index (χ1v) is 7.30. The van der Waals surface area contributed by atoms with Crippen molar-refractivity contribution in [2.75, 3.05) is 6.54 Å². The standard InChI is InChI=1S/C13H20N4S/c1-7-4-9(14)6-15-12(7)11-5-10-8(2)16-17(3)13(10)18-11/h5,7,9,12,15H,4,6,14H2,1-3H3. The van der Waals surface area contributed by atoms with E-state index in [4.69, 9.17) is 5.73 Å². The number of nitrogens with zero attached hydrogens (tertiary/aromatic N) is 2. The molecule has 3 unspecified atom stereocenters. The SMILES string of the molecule is Cc1nn(C)c2sc(C3NCC(N)CC3C)cc12. The van der Waals surface area contributed by atoms with Gasteiger partial charge in [-0.05, 0) is 25.3 Å². The summed E-state index contributed by atoms with van der Waals surface area (Å²) < 4.78 is 1.98. The second kappa shape index (κ2) is 4.33. The summed E-state index contributed by atoms with van der Waals surface area (Å²) in [5.74, 6) is 0.593. The molecular weight excluding hydrogens is 244 g/mol. The summed E-state index contributed by atoms with van der Waals surface area (Å²) in [5.41, 5.74) is 7.12. The molecule has 3 atom stereocenters. The average Bonchev–Trinajstić information content (AvgIpc) is 2.82. The molecular formula is C13H20N4S. The molecule has 3 heterocycles. The van der Waals surface area contributed by atoms with Crippen molar-refractivity contribution in [2.45, 2.75) is 32.4 Å². The molecule has 0 spiro atoms. The maximum Gasteiger partial charge on any atom is 0.121 e. The molecule has 1 aliphatic rings. The van der Waals surface area contributed by atoms with Crippen LogP contribution in [0, 0.1) is 12.8 Å². The molecule has 0 saturated carbocycles. The lowest BCUT2D eigenvalue weighted by Crippen LogP contribution is -2.45. The van der Waals surface area contributed by atoms with Crippen LogP contribution >= 0.6 is 11.3 Å². The molecule has 0 radical (unpaired) electrons. The Hall–Kier alpha value is -0.910. The van der Waals surface area contributed by atoms with Crippen LogP contribution in [0.1, 0.15) is 30.0 Å². The Labute approximate surface area is 111 Å². The zero-order chi connectivity index (χ0) is 12.9. The van der Waals surface area contributed by atoms with Crippen molar-refractivity contribution in [1.82, 2.24) is 15.1 Å². The van der Waals surface area contributed by atoms with Gasteiger partial charge in [0.1, 0.15) is 4.83 Å². The van der Waals surface area contributed by atoms with Crippen LogP contribution in [0.2, 0.25) is 0 Å². The Bertz CT molecular complexity index is 536. The van der Waals surface area contributed by atoms with E-state index in [0.29, 0.717) is 18.0 Å². The van der Waals surface area contributed by atoms with Crippen molar-refractivity contribution in [2.24, 2.45) is 18.7 Å². The van der Waals surface area contributed by atoms with Gasteiger partial charge in [0.2, 0.25) is 0 Å². The van der Waals surface area contributed by atoms with Gasteiger partial charge < -0.3 is 11.1 Å². The topological polar surface area (TPSA) is 55.9 Å². The summed E-state index contributed by atoms with van der Waals surface area (Å²) in [4.78, 5) is 2.69. The number of aryl methyl sites for hydroxylation is 2. The van der Waals surface area contributed by atoms with Gasteiger partial charge in [-0.25, -0.2) is 0 Å². The summed E-state index contributed by atoms with van der Waals surface area (Å²) >= 11 is 1.85. The van der Waals surface area contributed by atoms with Crippen LogP contribution in [0.15, 0.2) is 6.07 Å². The molecule has 3 N–H and O–H groups in total. The molecule has 0 aromatic carbocycles. The summed E-state index contributed by atoms with van der Waals surface area (Å²) in [6, 6.07) is 3.04. The molecule has 1 fully saturated rings. The molecule has 98 valence electrons. The zero-order valence-corrected chi connectivity index (χ0v) is 11.9. The van der Waals surface area contributed by atoms with E-state index < -0.39 is 0 Å². The van der Waals surface area contributed by atoms with Crippen molar-refractivity contribution < 1.29 is 0 Å². The number of nitrogens with one attached hydrogen (secondary N) is 1. The normalized spacial score (nSPS) is 29.0.